The second-order valence-electron chi connectivity index (χ2n) is 25.6. The van der Waals surface area contributed by atoms with Gasteiger partial charge in [-0.3, -0.25) is 49.7 Å². The fourth-order valence-corrected chi connectivity index (χ4v) is 13.8. The number of carbonyl (C=O) groups excluding carboxylic acids is 6. The summed E-state index contributed by atoms with van der Waals surface area (Å²) in [6, 6.07) is 5.13. The molecule has 7 aliphatic rings. The Morgan fingerprint density at radius 1 is 0.654 bits per heavy atom. The van der Waals surface area contributed by atoms with Crippen LogP contribution in [0.5, 0.6) is 5.75 Å². The first-order valence-corrected chi connectivity index (χ1v) is 34.4. The first kappa shape index (κ1) is 78.4. The molecule has 7 aliphatic heterocycles. The molecule has 6 amide bonds. The molecule has 23 N–H and O–H groups in total. The van der Waals surface area contributed by atoms with Crippen molar-refractivity contribution in [3.8, 4) is 5.75 Å². The van der Waals surface area contributed by atoms with E-state index in [2.05, 4.69) is 47.9 Å². The van der Waals surface area contributed by atoms with Crippen LogP contribution in [-0.2, 0) is 63.6 Å². The van der Waals surface area contributed by atoms with Crippen molar-refractivity contribution in [3.05, 3.63) is 99.6 Å². The largest absolute Gasteiger partial charge is 0.462 e. The summed E-state index contributed by atoms with van der Waals surface area (Å²) in [4.78, 5) is 100. The number of nitrogens with one attached hydrogen (secondary N) is 11. The molecule has 0 bridgehead atoms. The normalized spacial score (nSPS) is 35.6. The highest BCUT2D eigenvalue weighted by atomic mass is 32.2. The number of ether oxygens (including phenoxy) is 7. The Morgan fingerprint density at radius 2 is 1.32 bits per heavy atom. The molecule has 0 radical (unpaired) electrons. The van der Waals surface area contributed by atoms with Crippen molar-refractivity contribution in [2.45, 2.75) is 183 Å². The minimum absolute atomic E-state index is 0.0795. The summed E-state index contributed by atoms with van der Waals surface area (Å²) in [7, 11) is 0. The summed E-state index contributed by atoms with van der Waals surface area (Å²) < 4.78 is 41.1. The summed E-state index contributed by atoms with van der Waals surface area (Å²) in [6.07, 6.45) is -30.4. The Bertz CT molecular complexity index is 3560. The molecule has 41 heteroatoms. The highest BCUT2D eigenvalue weighted by Crippen LogP contribution is 2.39. The van der Waals surface area contributed by atoms with Gasteiger partial charge in [0.1, 0.15) is 121 Å². The Morgan fingerprint density at radius 3 is 1.97 bits per heavy atom. The molecule has 26 atom stereocenters. The van der Waals surface area contributed by atoms with Crippen LogP contribution in [0.15, 0.2) is 77.7 Å². The fourth-order valence-electron chi connectivity index (χ4n) is 13.3. The zero-order chi connectivity index (χ0) is 75.1. The van der Waals surface area contributed by atoms with Crippen LogP contribution >= 0.6 is 11.8 Å². The van der Waals surface area contributed by atoms with Crippen LogP contribution in [0, 0.1) is 20.9 Å². The highest BCUT2D eigenvalue weighted by Gasteiger charge is 2.56. The summed E-state index contributed by atoms with van der Waals surface area (Å²) in [5, 5.41) is 185. The lowest BCUT2D eigenvalue weighted by Gasteiger charge is -2.48. The van der Waals surface area contributed by atoms with Gasteiger partial charge in [-0.1, -0.05) is 55.5 Å². The Balaban J connectivity index is 0.904. The number of guanidine groups is 2. The first-order valence-electron chi connectivity index (χ1n) is 33.1. The number of fused-ring (bicyclic) bond motifs is 1. The SMILES string of the molecule is CCC(c1ccccc1)C1NC(=O)CNC(=O)C(CO)NC(=O)C(C(O)C2CNC(=N)N2C2OC(CO)C(O)C(O)C2O)NC(=O)C(C(O)C2CNC(=N)N2)NC(=O)C(Cc2ccc(OC3OC(CO)C(OC4OC5COC(c6ccc(SC)c([N+](=O)[O-])c6)OC5C(O)C4O)C(O)C3O)cc2)NC1=O. The van der Waals surface area contributed by atoms with Crippen LogP contribution in [0.1, 0.15) is 42.2 Å². The van der Waals surface area contributed by atoms with Crippen LogP contribution in [0.3, 0.4) is 0 Å². The van der Waals surface area contributed by atoms with E-state index in [0.717, 1.165) is 16.7 Å². The highest BCUT2D eigenvalue weighted by molar-refractivity contribution is 7.98. The van der Waals surface area contributed by atoms with Gasteiger partial charge in [0.15, 0.2) is 30.7 Å². The third-order valence-corrected chi connectivity index (χ3v) is 19.8. The molecule has 7 fully saturated rings. The van der Waals surface area contributed by atoms with Crippen LogP contribution in [0.2, 0.25) is 0 Å². The maximum absolute atomic E-state index is 15.3. The standard InChI is InChI=1S/C63H85N13O27S/c1-3-28(25-7-5-4-6-8-25)39-55(92)69-29(15-24-9-12-27(13-10-24)98-60-49(88)46(85)51(35(22-79)100-60)103-61-50(89)47(86)52-36(101-61)23-97-59(102-52)26-11-14-37(104-2)32(16-26)76(95)96)54(91)73-40(42(81)30-17-67-62(64)71-30)57(94)74-41(56(93)70-31(20-77)53(90)66-19-38(80)72-39)43(82)33-18-68-63(65)75(33)58-48(87)45(84)44(83)34(21-78)99-58/h4-14,16,28-31,33-36,39-52,58-61,77-79,81-89H,3,15,17-23H2,1-2H3,(H2,65,68)(H,66,90)(H,69,92)(H,70,93)(H,72,80)(H,73,91)(H,74,94)(H3,64,67,71). The second kappa shape index (κ2) is 34.4. The molecule has 7 saturated heterocycles. The van der Waals surface area contributed by atoms with E-state index in [9.17, 15) is 85.8 Å². The number of hydrogen-bond donors (Lipinski definition) is 23. The summed E-state index contributed by atoms with van der Waals surface area (Å²) in [6.45, 7) is -3.25. The third-order valence-electron chi connectivity index (χ3n) is 19.0. The molecule has 0 aliphatic carbocycles. The zero-order valence-corrected chi connectivity index (χ0v) is 56.4. The Hall–Kier alpha value is -8.15. The quantitative estimate of drug-likeness (QED) is 0.0284. The number of hydrogen-bond acceptors (Lipinski definition) is 30. The molecule has 40 nitrogen and oxygen atoms in total. The lowest BCUT2D eigenvalue weighted by Crippen LogP contribution is -2.69. The Labute approximate surface area is 595 Å². The fraction of sp³-hybridized carbons (Fsp3) is 0.587. The molecule has 0 saturated carbocycles. The van der Waals surface area contributed by atoms with E-state index in [1.807, 2.05) is 0 Å². The molecular formula is C63H85N13O27S. The number of carbonyl (C=O) groups is 6. The predicted octanol–water partition coefficient (Wildman–Crippen LogP) is -9.41. The Kier molecular flexibility index (Phi) is 25.9. The van der Waals surface area contributed by atoms with Crippen LogP contribution < -0.4 is 52.6 Å². The molecular weight excluding hydrogens is 1400 g/mol. The average Bonchev–Trinajstić information content (AvgIpc) is 1.30. The number of aliphatic hydroxyl groups is 12. The van der Waals surface area contributed by atoms with Crippen molar-refractivity contribution in [1.82, 2.24) is 52.8 Å². The first-order chi connectivity index (χ1) is 49.7. The van der Waals surface area contributed by atoms with Gasteiger partial charge in [-0.15, -0.1) is 11.8 Å². The van der Waals surface area contributed by atoms with Gasteiger partial charge >= 0.3 is 0 Å². The van der Waals surface area contributed by atoms with Crippen LogP contribution in [0.4, 0.5) is 5.69 Å². The number of nitro groups is 1. The molecule has 26 unspecified atom stereocenters. The third kappa shape index (κ3) is 17.2. The molecule has 0 aromatic heterocycles. The van der Waals surface area contributed by atoms with Gasteiger partial charge in [-0.25, -0.2) is 0 Å². The predicted molar refractivity (Wildman–Crippen MR) is 352 cm³/mol. The van der Waals surface area contributed by atoms with Gasteiger partial charge in [0.2, 0.25) is 41.7 Å². The minimum Gasteiger partial charge on any atom is -0.462 e. The van der Waals surface area contributed by atoms with Crippen molar-refractivity contribution in [1.29, 1.82) is 10.8 Å². The van der Waals surface area contributed by atoms with Crippen molar-refractivity contribution < 1.29 is 128 Å². The van der Waals surface area contributed by atoms with E-state index < -0.39 is 244 Å². The summed E-state index contributed by atoms with van der Waals surface area (Å²) in [5.74, 6) is -9.27. The van der Waals surface area contributed by atoms with E-state index >= 15 is 14.4 Å². The molecule has 3 aromatic rings. The van der Waals surface area contributed by atoms with Crippen LogP contribution in [0.25, 0.3) is 0 Å². The maximum Gasteiger partial charge on any atom is 0.283 e. The van der Waals surface area contributed by atoms with Crippen molar-refractivity contribution in [3.63, 3.8) is 0 Å². The number of nitro benzene ring substituents is 1. The van der Waals surface area contributed by atoms with Gasteiger partial charge < -0.3 is 147 Å². The van der Waals surface area contributed by atoms with Gasteiger partial charge in [0.05, 0.1) is 54.9 Å². The van der Waals surface area contributed by atoms with Gasteiger partial charge in [0, 0.05) is 37.1 Å². The molecule has 570 valence electrons. The lowest BCUT2D eigenvalue weighted by atomic mass is 9.88. The van der Waals surface area contributed by atoms with Gasteiger partial charge in [-0.05, 0) is 42.0 Å². The number of thioether (sulfide) groups is 1. The topological polar surface area (TPSA) is 612 Å². The monoisotopic (exact) mass is 1490 g/mol. The van der Waals surface area contributed by atoms with Crippen molar-refractivity contribution in [2.24, 2.45) is 0 Å². The molecule has 3 aromatic carbocycles. The lowest BCUT2D eigenvalue weighted by molar-refractivity contribution is -0.389. The van der Waals surface area contributed by atoms with E-state index in [4.69, 9.17) is 44.0 Å². The number of benzene rings is 3. The number of nitrogens with zero attached hydrogens (tertiary/aromatic N) is 2. The van der Waals surface area contributed by atoms with Crippen molar-refractivity contribution >= 4 is 64.8 Å². The smallest absolute Gasteiger partial charge is 0.283 e. The van der Waals surface area contributed by atoms with Gasteiger partial charge in [-0.2, -0.15) is 0 Å². The minimum atomic E-state index is -2.37. The van der Waals surface area contributed by atoms with E-state index in [0.29, 0.717) is 10.5 Å². The molecule has 0 spiro atoms. The summed E-state index contributed by atoms with van der Waals surface area (Å²) >= 11 is 1.15. The van der Waals surface area contributed by atoms with E-state index in [-0.39, 0.29) is 48.1 Å². The summed E-state index contributed by atoms with van der Waals surface area (Å²) in [5.41, 5.74) is 0.760. The molecule has 104 heavy (non-hydrogen) atoms. The molecule has 10 rings (SSSR count). The number of amides is 6. The maximum atomic E-state index is 15.3. The van der Waals surface area contributed by atoms with E-state index in [1.165, 1.54) is 36.4 Å². The zero-order valence-electron chi connectivity index (χ0n) is 55.6. The number of rotatable bonds is 20. The molecule has 7 heterocycles. The van der Waals surface area contributed by atoms with Crippen LogP contribution in [-0.4, -0.2) is 317 Å². The average molecular weight is 1490 g/mol. The van der Waals surface area contributed by atoms with Crippen molar-refractivity contribution in [2.75, 3.05) is 52.3 Å². The van der Waals surface area contributed by atoms with Gasteiger partial charge in [0.25, 0.3) is 5.69 Å². The van der Waals surface area contributed by atoms with E-state index in [1.54, 1.807) is 49.6 Å². The second-order valence-corrected chi connectivity index (χ2v) is 26.5. The number of aliphatic hydroxyl groups excluding tert-OH is 12.